The molecule has 0 aliphatic carbocycles. The lowest BCUT2D eigenvalue weighted by Crippen LogP contribution is -2.09. The molecule has 1 aromatic heterocycles. The van der Waals surface area contributed by atoms with Crippen molar-refractivity contribution in [2.45, 2.75) is 26.9 Å². The summed E-state index contributed by atoms with van der Waals surface area (Å²) in [5.41, 5.74) is 9.46. The van der Waals surface area contributed by atoms with Gasteiger partial charge in [-0.3, -0.25) is 4.68 Å². The molecule has 0 unspecified atom stereocenters. The molecule has 2 aromatic rings. The molecule has 1 aromatic carbocycles. The van der Waals surface area contributed by atoms with Gasteiger partial charge in [0.2, 0.25) is 0 Å². The predicted octanol–water partition coefficient (Wildman–Crippen LogP) is 2.91. The molecular weight excluding hydrogens is 297 g/mol. The molecule has 0 bridgehead atoms. The highest BCUT2D eigenvalue weighted by Gasteiger charge is 2.10. The van der Waals surface area contributed by atoms with E-state index in [9.17, 15) is 4.39 Å². The van der Waals surface area contributed by atoms with Crippen LogP contribution in [0.2, 0.25) is 0 Å². The number of hydrogen-bond donors (Lipinski definition) is 1. The van der Waals surface area contributed by atoms with Crippen LogP contribution >= 0.6 is 15.9 Å². The maximum absolute atomic E-state index is 13.1. The maximum Gasteiger partial charge on any atom is 0.123 e. The first-order chi connectivity index (χ1) is 8.52. The molecule has 0 aliphatic rings. The predicted molar refractivity (Wildman–Crippen MR) is 72.8 cm³/mol. The quantitative estimate of drug-likeness (QED) is 0.947. The zero-order valence-corrected chi connectivity index (χ0v) is 12.0. The van der Waals surface area contributed by atoms with Gasteiger partial charge in [-0.1, -0.05) is 6.07 Å². The number of aryl methyl sites for hydroxylation is 1. The summed E-state index contributed by atoms with van der Waals surface area (Å²) < 4.78 is 16.0. The Kier molecular flexibility index (Phi) is 3.82. The number of nitrogens with zero attached hydrogens (tertiary/aromatic N) is 2. The van der Waals surface area contributed by atoms with E-state index in [4.69, 9.17) is 5.73 Å². The summed E-state index contributed by atoms with van der Waals surface area (Å²) in [6, 6.07) is 4.70. The van der Waals surface area contributed by atoms with Crippen molar-refractivity contribution in [1.82, 2.24) is 9.78 Å². The van der Waals surface area contributed by atoms with Crippen LogP contribution in [0.1, 0.15) is 22.5 Å². The molecule has 0 spiro atoms. The highest BCUT2D eigenvalue weighted by atomic mass is 79.9. The number of halogens is 2. The van der Waals surface area contributed by atoms with E-state index < -0.39 is 0 Å². The van der Waals surface area contributed by atoms with Gasteiger partial charge in [-0.15, -0.1) is 0 Å². The Hall–Kier alpha value is -1.20. The number of rotatable bonds is 3. The SMILES string of the molecule is Cc1nn(Cc2ccc(F)cc2CN)c(C)c1Br. The summed E-state index contributed by atoms with van der Waals surface area (Å²) in [6.07, 6.45) is 0. The summed E-state index contributed by atoms with van der Waals surface area (Å²) in [4.78, 5) is 0. The van der Waals surface area contributed by atoms with Gasteiger partial charge in [-0.05, 0) is 53.0 Å². The molecule has 0 aliphatic heterocycles. The van der Waals surface area contributed by atoms with Crippen LogP contribution in [0.4, 0.5) is 4.39 Å². The molecule has 0 saturated carbocycles. The summed E-state index contributed by atoms with van der Waals surface area (Å²) in [7, 11) is 0. The fourth-order valence-electron chi connectivity index (χ4n) is 1.93. The van der Waals surface area contributed by atoms with E-state index in [0.717, 1.165) is 27.0 Å². The standard InChI is InChI=1S/C13H15BrFN3/c1-8-13(14)9(2)18(17-8)7-10-3-4-12(15)5-11(10)6-16/h3-5H,6-7,16H2,1-2H3. The van der Waals surface area contributed by atoms with Gasteiger partial charge in [-0.25, -0.2) is 4.39 Å². The smallest absolute Gasteiger partial charge is 0.123 e. The topological polar surface area (TPSA) is 43.8 Å². The second-order valence-corrected chi connectivity index (χ2v) is 5.05. The molecular formula is C13H15BrFN3. The van der Waals surface area contributed by atoms with Gasteiger partial charge >= 0.3 is 0 Å². The van der Waals surface area contributed by atoms with Crippen molar-refractivity contribution in [2.24, 2.45) is 5.73 Å². The van der Waals surface area contributed by atoms with Gasteiger partial charge in [0, 0.05) is 6.54 Å². The number of aromatic nitrogens is 2. The molecule has 1 heterocycles. The van der Waals surface area contributed by atoms with Gasteiger partial charge in [0.1, 0.15) is 5.82 Å². The molecule has 96 valence electrons. The van der Waals surface area contributed by atoms with Crippen molar-refractivity contribution in [2.75, 3.05) is 0 Å². The number of benzene rings is 1. The summed E-state index contributed by atoms with van der Waals surface area (Å²) in [5.74, 6) is -0.256. The van der Waals surface area contributed by atoms with Crippen LogP contribution in [0.5, 0.6) is 0 Å². The van der Waals surface area contributed by atoms with Crippen LogP contribution in [0.25, 0.3) is 0 Å². The van der Waals surface area contributed by atoms with Crippen LogP contribution in [-0.2, 0) is 13.1 Å². The lowest BCUT2D eigenvalue weighted by atomic mass is 10.1. The van der Waals surface area contributed by atoms with Crippen molar-refractivity contribution < 1.29 is 4.39 Å². The fourth-order valence-corrected chi connectivity index (χ4v) is 2.21. The average Bonchev–Trinajstić information content (AvgIpc) is 2.59. The molecule has 2 N–H and O–H groups in total. The van der Waals surface area contributed by atoms with E-state index in [2.05, 4.69) is 21.0 Å². The van der Waals surface area contributed by atoms with Gasteiger partial charge in [0.25, 0.3) is 0 Å². The lowest BCUT2D eigenvalue weighted by Gasteiger charge is -2.09. The Balaban J connectivity index is 2.36. The Morgan fingerprint density at radius 2 is 2.06 bits per heavy atom. The lowest BCUT2D eigenvalue weighted by molar-refractivity contribution is 0.617. The van der Waals surface area contributed by atoms with Crippen molar-refractivity contribution in [3.63, 3.8) is 0 Å². The van der Waals surface area contributed by atoms with Gasteiger partial charge in [-0.2, -0.15) is 5.10 Å². The van der Waals surface area contributed by atoms with E-state index in [0.29, 0.717) is 13.1 Å². The third-order valence-electron chi connectivity index (χ3n) is 3.00. The first kappa shape index (κ1) is 13.2. The van der Waals surface area contributed by atoms with Crippen LogP contribution < -0.4 is 5.73 Å². The second kappa shape index (κ2) is 5.20. The summed E-state index contributed by atoms with van der Waals surface area (Å²) in [6.45, 7) is 4.87. The highest BCUT2D eigenvalue weighted by molar-refractivity contribution is 9.10. The van der Waals surface area contributed by atoms with Crippen LogP contribution in [0, 0.1) is 19.7 Å². The summed E-state index contributed by atoms with van der Waals surface area (Å²) in [5, 5.41) is 4.44. The van der Waals surface area contributed by atoms with Crippen LogP contribution in [-0.4, -0.2) is 9.78 Å². The van der Waals surface area contributed by atoms with Crippen LogP contribution in [0.3, 0.4) is 0 Å². The van der Waals surface area contributed by atoms with Gasteiger partial charge < -0.3 is 5.73 Å². The van der Waals surface area contributed by atoms with E-state index in [1.807, 2.05) is 18.5 Å². The van der Waals surface area contributed by atoms with E-state index in [1.165, 1.54) is 12.1 Å². The molecule has 0 amide bonds. The van der Waals surface area contributed by atoms with Crippen LogP contribution in [0.15, 0.2) is 22.7 Å². The molecule has 5 heteroatoms. The molecule has 2 rings (SSSR count). The van der Waals surface area contributed by atoms with Crippen molar-refractivity contribution in [1.29, 1.82) is 0 Å². The monoisotopic (exact) mass is 311 g/mol. The molecule has 3 nitrogen and oxygen atoms in total. The molecule has 0 atom stereocenters. The Morgan fingerprint density at radius 1 is 1.33 bits per heavy atom. The minimum absolute atomic E-state index is 0.256. The zero-order valence-electron chi connectivity index (χ0n) is 10.4. The fraction of sp³-hybridized carbons (Fsp3) is 0.308. The first-order valence-corrected chi connectivity index (χ1v) is 6.49. The Bertz CT molecular complexity index is 578. The van der Waals surface area contributed by atoms with Crippen molar-refractivity contribution >= 4 is 15.9 Å². The highest BCUT2D eigenvalue weighted by Crippen LogP contribution is 2.21. The van der Waals surface area contributed by atoms with Gasteiger partial charge in [0.05, 0.1) is 22.4 Å². The van der Waals surface area contributed by atoms with E-state index in [-0.39, 0.29) is 5.82 Å². The Morgan fingerprint density at radius 3 is 2.61 bits per heavy atom. The molecule has 0 radical (unpaired) electrons. The minimum atomic E-state index is -0.256. The van der Waals surface area contributed by atoms with E-state index >= 15 is 0 Å². The number of hydrogen-bond acceptors (Lipinski definition) is 2. The zero-order chi connectivity index (χ0) is 13.3. The van der Waals surface area contributed by atoms with Crippen molar-refractivity contribution in [3.8, 4) is 0 Å². The molecule has 0 fully saturated rings. The first-order valence-electron chi connectivity index (χ1n) is 5.69. The largest absolute Gasteiger partial charge is 0.326 e. The van der Waals surface area contributed by atoms with E-state index in [1.54, 1.807) is 6.07 Å². The average molecular weight is 312 g/mol. The second-order valence-electron chi connectivity index (χ2n) is 4.26. The Labute approximate surface area is 114 Å². The minimum Gasteiger partial charge on any atom is -0.326 e. The molecule has 18 heavy (non-hydrogen) atoms. The third kappa shape index (κ3) is 2.47. The normalized spacial score (nSPS) is 10.9. The maximum atomic E-state index is 13.1. The molecule has 0 saturated heterocycles. The van der Waals surface area contributed by atoms with Crippen molar-refractivity contribution in [3.05, 3.63) is 51.0 Å². The summed E-state index contributed by atoms with van der Waals surface area (Å²) >= 11 is 3.49. The number of nitrogens with two attached hydrogens (primary N) is 1. The third-order valence-corrected chi connectivity index (χ3v) is 4.15. The van der Waals surface area contributed by atoms with Gasteiger partial charge in [0.15, 0.2) is 0 Å².